The summed E-state index contributed by atoms with van der Waals surface area (Å²) >= 11 is 1.78. The molecule has 0 bridgehead atoms. The molecule has 6 heteroatoms. The van der Waals surface area contributed by atoms with Gasteiger partial charge in [0.05, 0.1) is 17.1 Å². The van der Waals surface area contributed by atoms with Crippen molar-refractivity contribution in [1.82, 2.24) is 9.78 Å². The highest BCUT2D eigenvalue weighted by Crippen LogP contribution is 2.35. The highest BCUT2D eigenvalue weighted by Gasteiger charge is 2.28. The zero-order valence-electron chi connectivity index (χ0n) is 12.2. The molecule has 0 atom stereocenters. The first-order valence-corrected chi connectivity index (χ1v) is 7.97. The van der Waals surface area contributed by atoms with E-state index in [4.69, 9.17) is 5.73 Å². The molecular weight excluding hydrogens is 284 g/mol. The lowest BCUT2D eigenvalue weighted by molar-refractivity contribution is 0.0979. The maximum Gasteiger partial charge on any atom is 0.278 e. The van der Waals surface area contributed by atoms with E-state index < -0.39 is 0 Å². The number of thioether (sulfide) groups is 1. The average Bonchev–Trinajstić information content (AvgIpc) is 2.80. The van der Waals surface area contributed by atoms with E-state index in [1.807, 2.05) is 31.2 Å². The topological polar surface area (TPSA) is 64.2 Å². The summed E-state index contributed by atoms with van der Waals surface area (Å²) in [4.78, 5) is 15.8. The lowest BCUT2D eigenvalue weighted by Gasteiger charge is -2.29. The van der Waals surface area contributed by atoms with Gasteiger partial charge in [-0.1, -0.05) is 19.1 Å². The van der Waals surface area contributed by atoms with Gasteiger partial charge in [-0.15, -0.1) is 11.8 Å². The van der Waals surface area contributed by atoms with Crippen LogP contribution < -0.4 is 10.6 Å². The molecule has 0 radical (unpaired) electrons. The summed E-state index contributed by atoms with van der Waals surface area (Å²) in [6.07, 6.45) is 0.722. The summed E-state index contributed by atoms with van der Waals surface area (Å²) in [6.45, 7) is 2.67. The number of carbonyl (C=O) groups is 1. The van der Waals surface area contributed by atoms with E-state index in [1.54, 1.807) is 28.4 Å². The van der Waals surface area contributed by atoms with Gasteiger partial charge in [-0.2, -0.15) is 5.10 Å². The third-order valence-corrected chi connectivity index (χ3v) is 4.71. The Balaban J connectivity index is 2.03. The van der Waals surface area contributed by atoms with Gasteiger partial charge in [-0.05, 0) is 18.6 Å². The van der Waals surface area contributed by atoms with Crippen molar-refractivity contribution in [3.63, 3.8) is 0 Å². The number of aromatic nitrogens is 2. The summed E-state index contributed by atoms with van der Waals surface area (Å²) in [5.74, 6) is 0.816. The van der Waals surface area contributed by atoms with Gasteiger partial charge in [0.15, 0.2) is 0 Å². The van der Waals surface area contributed by atoms with Gasteiger partial charge in [0, 0.05) is 24.2 Å². The van der Waals surface area contributed by atoms with Crippen LogP contribution in [0.25, 0.3) is 0 Å². The van der Waals surface area contributed by atoms with Gasteiger partial charge in [0.2, 0.25) is 0 Å². The van der Waals surface area contributed by atoms with Crippen LogP contribution in [0.5, 0.6) is 0 Å². The van der Waals surface area contributed by atoms with Gasteiger partial charge < -0.3 is 10.6 Å². The molecule has 0 fully saturated rings. The number of fused-ring (bicyclic) bond motifs is 1. The highest BCUT2D eigenvalue weighted by molar-refractivity contribution is 7.99. The largest absolute Gasteiger partial charge is 0.395 e. The number of nitrogens with zero attached hydrogens (tertiary/aromatic N) is 3. The van der Waals surface area contributed by atoms with Crippen LogP contribution in [0.15, 0.2) is 29.2 Å². The smallest absolute Gasteiger partial charge is 0.278 e. The van der Waals surface area contributed by atoms with Crippen molar-refractivity contribution in [2.24, 2.45) is 7.05 Å². The summed E-state index contributed by atoms with van der Waals surface area (Å²) < 4.78 is 1.60. The first-order valence-electron chi connectivity index (χ1n) is 6.98. The van der Waals surface area contributed by atoms with Gasteiger partial charge in [0.1, 0.15) is 5.69 Å². The predicted octanol–water partition coefficient (Wildman–Crippen LogP) is 2.32. The first-order chi connectivity index (χ1) is 10.1. The molecule has 5 nitrogen and oxygen atoms in total. The number of nitrogens with two attached hydrogens (primary N) is 1. The molecule has 1 aromatic heterocycles. The molecule has 2 aromatic rings. The number of benzene rings is 1. The first kappa shape index (κ1) is 14.0. The number of para-hydroxylation sites is 1. The molecular formula is C15H18N4OS. The summed E-state index contributed by atoms with van der Waals surface area (Å²) in [5.41, 5.74) is 8.82. The maximum atomic E-state index is 12.9. The molecule has 1 aliphatic heterocycles. The van der Waals surface area contributed by atoms with Crippen LogP contribution in [0.1, 0.15) is 23.1 Å². The number of hydrogen-bond donors (Lipinski definition) is 1. The van der Waals surface area contributed by atoms with Gasteiger partial charge in [0.25, 0.3) is 5.91 Å². The molecule has 21 heavy (non-hydrogen) atoms. The van der Waals surface area contributed by atoms with Crippen molar-refractivity contribution in [1.29, 1.82) is 0 Å². The Kier molecular flexibility index (Phi) is 3.63. The van der Waals surface area contributed by atoms with Crippen LogP contribution in [0.3, 0.4) is 0 Å². The Morgan fingerprint density at radius 2 is 2.19 bits per heavy atom. The quantitative estimate of drug-likeness (QED) is 0.924. The minimum Gasteiger partial charge on any atom is -0.395 e. The number of carbonyl (C=O) groups excluding carboxylic acids is 1. The van der Waals surface area contributed by atoms with Crippen molar-refractivity contribution in [2.75, 3.05) is 22.9 Å². The van der Waals surface area contributed by atoms with Crippen LogP contribution >= 0.6 is 11.8 Å². The van der Waals surface area contributed by atoms with E-state index in [-0.39, 0.29) is 5.91 Å². The van der Waals surface area contributed by atoms with E-state index in [1.165, 1.54) is 0 Å². The average molecular weight is 302 g/mol. The Bertz CT molecular complexity index is 695. The molecule has 0 saturated heterocycles. The molecule has 2 N–H and O–H groups in total. The Morgan fingerprint density at radius 1 is 1.43 bits per heavy atom. The molecule has 1 aliphatic rings. The van der Waals surface area contributed by atoms with Crippen molar-refractivity contribution in [3.8, 4) is 0 Å². The summed E-state index contributed by atoms with van der Waals surface area (Å²) in [7, 11) is 1.77. The number of hydrogen-bond acceptors (Lipinski definition) is 4. The second-order valence-electron chi connectivity index (χ2n) is 4.96. The second kappa shape index (κ2) is 5.44. The molecule has 1 amide bonds. The summed E-state index contributed by atoms with van der Waals surface area (Å²) in [6, 6.07) is 7.97. The van der Waals surface area contributed by atoms with Gasteiger partial charge in [-0.3, -0.25) is 9.48 Å². The Hall–Kier alpha value is -1.95. The second-order valence-corrected chi connectivity index (χ2v) is 6.10. The van der Waals surface area contributed by atoms with Crippen LogP contribution in [0.2, 0.25) is 0 Å². The van der Waals surface area contributed by atoms with E-state index in [9.17, 15) is 4.79 Å². The Morgan fingerprint density at radius 3 is 2.90 bits per heavy atom. The van der Waals surface area contributed by atoms with Crippen LogP contribution in [0.4, 0.5) is 11.4 Å². The van der Waals surface area contributed by atoms with Crippen LogP contribution in [0, 0.1) is 0 Å². The third-order valence-electron chi connectivity index (χ3n) is 3.67. The van der Waals surface area contributed by atoms with E-state index in [0.717, 1.165) is 28.5 Å². The fourth-order valence-electron chi connectivity index (χ4n) is 2.62. The monoisotopic (exact) mass is 302 g/mol. The minimum atomic E-state index is -0.0741. The standard InChI is InChI=1S/C15H18N4OS/c1-3-10-13(16)14(18(2)17-10)15(20)19-8-9-21-12-7-5-4-6-11(12)19/h4-7H,3,8-9,16H2,1-2H3. The SMILES string of the molecule is CCc1nn(C)c(C(=O)N2CCSc3ccccc32)c1N. The minimum absolute atomic E-state index is 0.0741. The number of nitrogen functional groups attached to an aromatic ring is 1. The van der Waals surface area contributed by atoms with Crippen molar-refractivity contribution in [3.05, 3.63) is 35.7 Å². The van der Waals surface area contributed by atoms with Crippen molar-refractivity contribution in [2.45, 2.75) is 18.2 Å². The number of rotatable bonds is 2. The zero-order chi connectivity index (χ0) is 15.0. The maximum absolute atomic E-state index is 12.9. The molecule has 0 saturated carbocycles. The van der Waals surface area contributed by atoms with E-state index >= 15 is 0 Å². The number of amides is 1. The summed E-state index contributed by atoms with van der Waals surface area (Å²) in [5, 5.41) is 4.34. The molecule has 0 aliphatic carbocycles. The lowest BCUT2D eigenvalue weighted by atomic mass is 10.2. The zero-order valence-corrected chi connectivity index (χ0v) is 13.0. The number of aryl methyl sites for hydroxylation is 2. The number of anilines is 2. The van der Waals surface area contributed by atoms with E-state index in [2.05, 4.69) is 5.10 Å². The van der Waals surface area contributed by atoms with Gasteiger partial charge >= 0.3 is 0 Å². The van der Waals surface area contributed by atoms with Crippen LogP contribution in [-0.2, 0) is 13.5 Å². The third kappa shape index (κ3) is 2.29. The van der Waals surface area contributed by atoms with Crippen molar-refractivity contribution < 1.29 is 4.79 Å². The normalized spacial score (nSPS) is 14.1. The lowest BCUT2D eigenvalue weighted by Crippen LogP contribution is -2.36. The van der Waals surface area contributed by atoms with E-state index in [0.29, 0.717) is 17.9 Å². The predicted molar refractivity (Wildman–Crippen MR) is 85.8 cm³/mol. The van der Waals surface area contributed by atoms with Crippen molar-refractivity contribution >= 4 is 29.0 Å². The molecule has 0 unspecified atom stereocenters. The highest BCUT2D eigenvalue weighted by atomic mass is 32.2. The fraction of sp³-hybridized carbons (Fsp3) is 0.333. The molecule has 1 aromatic carbocycles. The molecule has 0 spiro atoms. The molecule has 110 valence electrons. The fourth-order valence-corrected chi connectivity index (χ4v) is 3.61. The van der Waals surface area contributed by atoms with Crippen LogP contribution in [-0.4, -0.2) is 28.0 Å². The van der Waals surface area contributed by atoms with Gasteiger partial charge in [-0.25, -0.2) is 0 Å². The molecule has 2 heterocycles. The molecule has 3 rings (SSSR count). The Labute approximate surface area is 128 Å².